The van der Waals surface area contributed by atoms with Crippen molar-refractivity contribution in [2.24, 2.45) is 5.92 Å². The molecule has 1 amide bonds. The molecule has 1 aromatic heterocycles. The number of aliphatic carboxylic acids is 1. The first-order valence-corrected chi connectivity index (χ1v) is 6.04. The van der Waals surface area contributed by atoms with Crippen molar-refractivity contribution >= 4 is 11.9 Å². The second-order valence-electron chi connectivity index (χ2n) is 4.60. The first kappa shape index (κ1) is 12.6. The van der Waals surface area contributed by atoms with Gasteiger partial charge in [-0.15, -0.1) is 0 Å². The van der Waals surface area contributed by atoms with E-state index >= 15 is 0 Å². The second-order valence-corrected chi connectivity index (χ2v) is 4.60. The van der Waals surface area contributed by atoms with E-state index in [1.54, 1.807) is 6.92 Å². The predicted octanol–water partition coefficient (Wildman–Crippen LogP) is 1.36. The normalized spacial score (nSPS) is 23.6. The lowest BCUT2D eigenvalue weighted by atomic mass is 9.84. The molecule has 1 fully saturated rings. The van der Waals surface area contributed by atoms with Gasteiger partial charge in [-0.3, -0.25) is 9.59 Å². The molecule has 1 aliphatic rings. The van der Waals surface area contributed by atoms with Gasteiger partial charge in [0.05, 0.1) is 12.1 Å². The van der Waals surface area contributed by atoms with Gasteiger partial charge in [-0.05, 0) is 19.8 Å². The lowest BCUT2D eigenvalue weighted by Gasteiger charge is -2.29. The Morgan fingerprint density at radius 1 is 1.44 bits per heavy atom. The van der Waals surface area contributed by atoms with Crippen molar-refractivity contribution in [3.05, 3.63) is 17.5 Å². The zero-order valence-corrected chi connectivity index (χ0v) is 10.2. The Morgan fingerprint density at radius 3 is 2.78 bits per heavy atom. The van der Waals surface area contributed by atoms with Crippen molar-refractivity contribution in [2.75, 3.05) is 0 Å². The van der Waals surface area contributed by atoms with Gasteiger partial charge in [0.1, 0.15) is 11.3 Å². The van der Waals surface area contributed by atoms with Gasteiger partial charge in [0.2, 0.25) is 0 Å². The van der Waals surface area contributed by atoms with Crippen molar-refractivity contribution in [3.63, 3.8) is 0 Å². The number of carboxylic acids is 1. The van der Waals surface area contributed by atoms with Gasteiger partial charge >= 0.3 is 5.97 Å². The van der Waals surface area contributed by atoms with Gasteiger partial charge in [-0.2, -0.15) is 0 Å². The SMILES string of the molecule is Cc1oncc1C(=O)NC1CCCCC1C(=O)O. The monoisotopic (exact) mass is 252 g/mol. The molecule has 98 valence electrons. The molecule has 1 aliphatic carbocycles. The fourth-order valence-corrected chi connectivity index (χ4v) is 2.36. The molecule has 2 unspecified atom stereocenters. The highest BCUT2D eigenvalue weighted by molar-refractivity contribution is 5.95. The second kappa shape index (κ2) is 5.20. The van der Waals surface area contributed by atoms with E-state index in [9.17, 15) is 9.59 Å². The summed E-state index contributed by atoms with van der Waals surface area (Å²) in [7, 11) is 0. The maximum Gasteiger partial charge on any atom is 0.308 e. The Hall–Kier alpha value is -1.85. The van der Waals surface area contributed by atoms with E-state index in [4.69, 9.17) is 9.63 Å². The average Bonchev–Trinajstić information content (AvgIpc) is 2.76. The molecule has 2 N–H and O–H groups in total. The molecule has 0 spiro atoms. The van der Waals surface area contributed by atoms with Crippen LogP contribution in [-0.2, 0) is 4.79 Å². The van der Waals surface area contributed by atoms with E-state index in [-0.39, 0.29) is 11.9 Å². The summed E-state index contributed by atoms with van der Waals surface area (Å²) in [5, 5.41) is 15.4. The number of amides is 1. The number of hydrogen-bond donors (Lipinski definition) is 2. The number of carbonyl (C=O) groups is 2. The highest BCUT2D eigenvalue weighted by Gasteiger charge is 2.32. The molecule has 0 aliphatic heterocycles. The molecule has 6 nitrogen and oxygen atoms in total. The Bertz CT molecular complexity index is 455. The zero-order chi connectivity index (χ0) is 13.1. The van der Waals surface area contributed by atoms with E-state index in [0.717, 1.165) is 12.8 Å². The van der Waals surface area contributed by atoms with E-state index in [1.807, 2.05) is 0 Å². The fourth-order valence-electron chi connectivity index (χ4n) is 2.36. The number of rotatable bonds is 3. The van der Waals surface area contributed by atoms with Gasteiger partial charge in [0.25, 0.3) is 5.91 Å². The summed E-state index contributed by atoms with van der Waals surface area (Å²) < 4.78 is 4.82. The lowest BCUT2D eigenvalue weighted by Crippen LogP contribution is -2.45. The smallest absolute Gasteiger partial charge is 0.308 e. The first-order valence-electron chi connectivity index (χ1n) is 6.04. The Kier molecular flexibility index (Phi) is 3.64. The molecule has 1 aromatic rings. The topological polar surface area (TPSA) is 92.4 Å². The maximum atomic E-state index is 12.0. The molecule has 0 saturated heterocycles. The van der Waals surface area contributed by atoms with Gasteiger partial charge in [0, 0.05) is 6.04 Å². The van der Waals surface area contributed by atoms with Crippen LogP contribution in [-0.4, -0.2) is 28.2 Å². The van der Waals surface area contributed by atoms with Crippen LogP contribution in [0, 0.1) is 12.8 Å². The summed E-state index contributed by atoms with van der Waals surface area (Å²) >= 11 is 0. The van der Waals surface area contributed by atoms with Gasteiger partial charge < -0.3 is 14.9 Å². The minimum Gasteiger partial charge on any atom is -0.481 e. The lowest BCUT2D eigenvalue weighted by molar-refractivity contribution is -0.143. The molecule has 1 heterocycles. The van der Waals surface area contributed by atoms with Crippen molar-refractivity contribution in [1.82, 2.24) is 10.5 Å². The number of nitrogens with zero attached hydrogens (tertiary/aromatic N) is 1. The van der Waals surface area contributed by atoms with E-state index in [2.05, 4.69) is 10.5 Å². The Balaban J connectivity index is 2.05. The molecule has 6 heteroatoms. The van der Waals surface area contributed by atoms with Crippen LogP contribution >= 0.6 is 0 Å². The summed E-state index contributed by atoms with van der Waals surface area (Å²) in [6.45, 7) is 1.65. The van der Waals surface area contributed by atoms with Crippen LogP contribution in [0.5, 0.6) is 0 Å². The highest BCUT2D eigenvalue weighted by atomic mass is 16.5. The summed E-state index contributed by atoms with van der Waals surface area (Å²) in [4.78, 5) is 23.1. The quantitative estimate of drug-likeness (QED) is 0.847. The predicted molar refractivity (Wildman–Crippen MR) is 62.1 cm³/mol. The third-order valence-electron chi connectivity index (χ3n) is 3.40. The van der Waals surface area contributed by atoms with Crippen LogP contribution in [0.2, 0.25) is 0 Å². The summed E-state index contributed by atoms with van der Waals surface area (Å²) in [5.74, 6) is -1.22. The van der Waals surface area contributed by atoms with Crippen molar-refractivity contribution in [1.29, 1.82) is 0 Å². The molecule has 0 bridgehead atoms. The summed E-state index contributed by atoms with van der Waals surface area (Å²) in [6.07, 6.45) is 4.51. The molecule has 0 radical (unpaired) electrons. The average molecular weight is 252 g/mol. The number of aromatic nitrogens is 1. The Labute approximate surface area is 104 Å². The van der Waals surface area contributed by atoms with Gasteiger partial charge in [-0.1, -0.05) is 18.0 Å². The van der Waals surface area contributed by atoms with Crippen molar-refractivity contribution < 1.29 is 19.2 Å². The van der Waals surface area contributed by atoms with Crippen LogP contribution in [0.3, 0.4) is 0 Å². The molecule has 2 atom stereocenters. The van der Waals surface area contributed by atoms with Gasteiger partial charge in [0.15, 0.2) is 0 Å². The summed E-state index contributed by atoms with van der Waals surface area (Å²) in [6, 6.07) is -0.307. The zero-order valence-electron chi connectivity index (χ0n) is 10.2. The summed E-state index contributed by atoms with van der Waals surface area (Å²) in [5.41, 5.74) is 0.365. The minimum atomic E-state index is -0.845. The third-order valence-corrected chi connectivity index (χ3v) is 3.40. The molecule has 2 rings (SSSR count). The maximum absolute atomic E-state index is 12.0. The number of nitrogens with one attached hydrogen (secondary N) is 1. The standard InChI is InChI=1S/C12H16N2O4/c1-7-9(6-13-18-7)11(15)14-10-5-3-2-4-8(10)12(16)17/h6,8,10H,2-5H2,1H3,(H,14,15)(H,16,17). The Morgan fingerprint density at radius 2 is 2.17 bits per heavy atom. The van der Waals surface area contributed by atoms with E-state index in [1.165, 1.54) is 6.20 Å². The number of carboxylic acid groups (broad SMARTS) is 1. The molecule has 0 aromatic carbocycles. The largest absolute Gasteiger partial charge is 0.481 e. The first-order chi connectivity index (χ1) is 8.59. The molecule has 18 heavy (non-hydrogen) atoms. The molecule has 1 saturated carbocycles. The number of hydrogen-bond acceptors (Lipinski definition) is 4. The van der Waals surface area contributed by atoms with Crippen LogP contribution in [0.4, 0.5) is 0 Å². The van der Waals surface area contributed by atoms with E-state index in [0.29, 0.717) is 24.2 Å². The highest BCUT2D eigenvalue weighted by Crippen LogP contribution is 2.25. The van der Waals surface area contributed by atoms with Crippen molar-refractivity contribution in [3.8, 4) is 0 Å². The van der Waals surface area contributed by atoms with Crippen LogP contribution < -0.4 is 5.32 Å². The van der Waals surface area contributed by atoms with E-state index < -0.39 is 11.9 Å². The van der Waals surface area contributed by atoms with Gasteiger partial charge in [-0.25, -0.2) is 0 Å². The van der Waals surface area contributed by atoms with Crippen LogP contribution in [0.1, 0.15) is 41.8 Å². The van der Waals surface area contributed by atoms with Crippen molar-refractivity contribution in [2.45, 2.75) is 38.6 Å². The molecular weight excluding hydrogens is 236 g/mol. The fraction of sp³-hybridized carbons (Fsp3) is 0.583. The van der Waals surface area contributed by atoms with Crippen LogP contribution in [0.25, 0.3) is 0 Å². The number of carbonyl (C=O) groups excluding carboxylic acids is 1. The van der Waals surface area contributed by atoms with Crippen LogP contribution in [0.15, 0.2) is 10.7 Å². The third kappa shape index (κ3) is 2.52. The minimum absolute atomic E-state index is 0.307. The molecular formula is C12H16N2O4. The number of aryl methyl sites for hydroxylation is 1.